The van der Waals surface area contributed by atoms with Crippen molar-refractivity contribution in [1.82, 2.24) is 34.1 Å². The number of fused-ring (bicyclic) bond motifs is 3. The number of carbonyl (C=O) groups is 1. The molecule has 0 aliphatic carbocycles. The molecular weight excluding hydrogens is 917 g/mol. The van der Waals surface area contributed by atoms with Crippen LogP contribution < -0.4 is 26.7 Å². The van der Waals surface area contributed by atoms with Crippen LogP contribution in [0.2, 0.25) is 0 Å². The Morgan fingerprint density at radius 1 is 1.03 bits per heavy atom. The number of nitrogens with two attached hydrogens (primary N) is 1. The Morgan fingerprint density at radius 3 is 2.33 bits per heavy atom. The van der Waals surface area contributed by atoms with Crippen molar-refractivity contribution in [3.8, 4) is 12.3 Å². The molecule has 4 aromatic heterocycles. The number of aryl methyl sites for hydroxylation is 1. The van der Waals surface area contributed by atoms with Crippen LogP contribution in [-0.2, 0) is 68.1 Å². The molecule has 0 saturated carbocycles. The molecule has 3 aliphatic heterocycles. The summed E-state index contributed by atoms with van der Waals surface area (Å²) in [7, 11) is -16.4. The fourth-order valence-electron chi connectivity index (χ4n) is 6.98. The Balaban J connectivity index is 1.01. The van der Waals surface area contributed by atoms with Gasteiger partial charge in [-0.25, -0.2) is 18.7 Å². The lowest BCUT2D eigenvalue weighted by atomic mass is 10.1. The number of phosphoric ester groups is 2. The average Bonchev–Trinajstić information content (AvgIpc) is 3.96. The van der Waals surface area contributed by atoms with Gasteiger partial charge in [-0.15, -0.1) is 6.42 Å². The predicted molar refractivity (Wildman–Crippen MR) is 201 cm³/mol. The van der Waals surface area contributed by atoms with Crippen molar-refractivity contribution in [3.63, 3.8) is 0 Å². The van der Waals surface area contributed by atoms with E-state index in [9.17, 15) is 63.2 Å². The van der Waals surface area contributed by atoms with E-state index in [0.29, 0.717) is 0 Å². The maximum Gasteiger partial charge on any atom is 0.490 e. The SMILES string of the molecule is C#CCNc1nc2c(ncn2[C@@H]2O[C@H](COP(=O)(O)OP(=O)(O)OP(=O)(O)OC[C@H]3O[C@](O)([n+]4cn(C)c5c(=O)[nH]c(N)nc54)[C@H](O)[C@@H]3O)[C@H]3O[C@](C)(CCC(=O)O)O[C@H]32)c(=O)[nH]1. The van der Waals surface area contributed by atoms with Crippen LogP contribution in [0.25, 0.3) is 22.3 Å². The number of carboxylic acid groups (broad SMARTS) is 1. The van der Waals surface area contributed by atoms with Crippen molar-refractivity contribution in [3.05, 3.63) is 33.4 Å². The number of ether oxygens (including phenoxy) is 4. The summed E-state index contributed by atoms with van der Waals surface area (Å²) in [4.78, 5) is 84.4. The molecule has 31 nitrogen and oxygen atoms in total. The molecular formula is C29H38N10O21P3+. The number of nitrogen functional groups attached to an aromatic ring is 1. The summed E-state index contributed by atoms with van der Waals surface area (Å²) >= 11 is 0. The molecule has 0 aromatic carbocycles. The number of aliphatic carboxylic acids is 1. The summed E-state index contributed by atoms with van der Waals surface area (Å²) in [5.41, 5.74) is 3.47. The topological polar surface area (TPSA) is 440 Å². The summed E-state index contributed by atoms with van der Waals surface area (Å²) in [5, 5.41) is 44.6. The first-order valence-corrected chi connectivity index (χ1v) is 22.4. The molecule has 7 heterocycles. The van der Waals surface area contributed by atoms with Crippen LogP contribution in [0.1, 0.15) is 26.0 Å². The van der Waals surface area contributed by atoms with Crippen molar-refractivity contribution >= 4 is 63.7 Å². The van der Waals surface area contributed by atoms with E-state index >= 15 is 0 Å². The van der Waals surface area contributed by atoms with Crippen molar-refractivity contribution in [2.24, 2.45) is 7.05 Å². The van der Waals surface area contributed by atoms with Crippen LogP contribution in [0.15, 0.2) is 22.2 Å². The number of nitrogens with zero attached hydrogens (tertiary/aromatic N) is 6. The minimum Gasteiger partial charge on any atom is -0.481 e. The van der Waals surface area contributed by atoms with Gasteiger partial charge < -0.3 is 65.1 Å². The number of rotatable bonds is 17. The van der Waals surface area contributed by atoms with Crippen molar-refractivity contribution in [2.75, 3.05) is 30.8 Å². The third-order valence-corrected chi connectivity index (χ3v) is 13.9. The Hall–Kier alpha value is -4.54. The lowest BCUT2D eigenvalue weighted by Gasteiger charge is -2.27. The van der Waals surface area contributed by atoms with Gasteiger partial charge >= 0.3 is 41.0 Å². The molecule has 4 aromatic rings. The van der Waals surface area contributed by atoms with Crippen LogP contribution in [0.5, 0.6) is 0 Å². The lowest BCUT2D eigenvalue weighted by molar-refractivity contribution is -0.842. The van der Waals surface area contributed by atoms with Gasteiger partial charge in [0.1, 0.15) is 30.5 Å². The number of carboxylic acids is 1. The lowest BCUT2D eigenvalue weighted by Crippen LogP contribution is -2.63. The smallest absolute Gasteiger partial charge is 0.481 e. The number of phosphoric acid groups is 3. The Kier molecular flexibility index (Phi) is 12.4. The normalized spacial score (nSPS) is 31.1. The number of hydrogen-bond acceptors (Lipinski definition) is 22. The van der Waals surface area contributed by atoms with E-state index in [1.165, 1.54) is 18.5 Å². The largest absolute Gasteiger partial charge is 0.490 e. The van der Waals surface area contributed by atoms with Gasteiger partial charge in [0.25, 0.3) is 17.1 Å². The molecule has 0 spiro atoms. The number of anilines is 2. The molecule has 3 saturated heterocycles. The first kappa shape index (κ1) is 46.5. The van der Waals surface area contributed by atoms with Crippen molar-refractivity contribution in [1.29, 1.82) is 0 Å². The highest BCUT2D eigenvalue weighted by Gasteiger charge is 2.60. The van der Waals surface area contributed by atoms with Gasteiger partial charge in [-0.3, -0.25) is 42.5 Å². The number of aliphatic hydroxyl groups excluding tert-OH is 2. The first-order chi connectivity index (χ1) is 29.3. The second-order valence-corrected chi connectivity index (χ2v) is 18.8. The quantitative estimate of drug-likeness (QED) is 0.0280. The fraction of sp³-hybridized carbons (Fsp3) is 0.552. The summed E-state index contributed by atoms with van der Waals surface area (Å²) < 4.78 is 82.9. The molecule has 3 fully saturated rings. The fourth-order valence-corrected chi connectivity index (χ4v) is 10.5. The zero-order valence-electron chi connectivity index (χ0n) is 32.3. The first-order valence-electron chi connectivity index (χ1n) is 18.0. The highest BCUT2D eigenvalue weighted by Crippen LogP contribution is 2.68. The van der Waals surface area contributed by atoms with Crippen LogP contribution in [0.4, 0.5) is 11.9 Å². The van der Waals surface area contributed by atoms with Gasteiger partial charge in [-0.05, 0) is 6.92 Å². The Morgan fingerprint density at radius 2 is 1.68 bits per heavy atom. The Bertz CT molecular complexity index is 2760. The highest BCUT2D eigenvalue weighted by molar-refractivity contribution is 7.66. The molecule has 0 bridgehead atoms. The van der Waals surface area contributed by atoms with Gasteiger partial charge in [-0.2, -0.15) is 18.2 Å². The van der Waals surface area contributed by atoms with Crippen molar-refractivity contribution < 1.29 is 94.8 Å². The van der Waals surface area contributed by atoms with Crippen molar-refractivity contribution in [2.45, 2.75) is 74.3 Å². The van der Waals surface area contributed by atoms with Crippen LogP contribution in [0.3, 0.4) is 0 Å². The molecule has 12 atom stereocenters. The maximum atomic E-state index is 13.0. The molecule has 344 valence electrons. The standard InChI is InChI=1S/C29H37N10O21P3/c1-4-7-31-27-34-21-15(23(44)36-27)32-10-38(21)25-19-18(57-28(2,58-19)6-5-14(40)41)13(55-25)9-54-62(49,50)60-63(51,52)59-61(47,48)53-8-12-17(42)20(43)29(46,56-12)39-11-37(3)16-22(39)33-26(30)35-24(16)45/h1,10-13,17-20,25,42-43,46H,5-9H2,2-3H3,(H8-,30,31,33,34,35,36,40,41,44,45,47,48,49,50,51,52)/p+1/t12-,13-,17-,18-,19-,20-,25-,28+,29+/m1/s1. The van der Waals surface area contributed by atoms with E-state index in [1.807, 2.05) is 0 Å². The minimum atomic E-state index is -6.11. The summed E-state index contributed by atoms with van der Waals surface area (Å²) in [5.74, 6) is -3.82. The molecule has 63 heavy (non-hydrogen) atoms. The Labute approximate surface area is 350 Å². The van der Waals surface area contributed by atoms with E-state index in [-0.39, 0.29) is 41.2 Å². The number of nitrogens with one attached hydrogen (secondary N) is 3. The molecule has 34 heteroatoms. The van der Waals surface area contributed by atoms with Gasteiger partial charge in [0, 0.05) is 6.42 Å². The van der Waals surface area contributed by atoms with Gasteiger partial charge in [0.05, 0.1) is 39.6 Å². The molecule has 0 amide bonds. The third-order valence-electron chi connectivity index (χ3n) is 9.65. The summed E-state index contributed by atoms with van der Waals surface area (Å²) in [6.07, 6.45) is -4.48. The third kappa shape index (κ3) is 9.35. The summed E-state index contributed by atoms with van der Waals surface area (Å²) in [6, 6.07) is 0. The van der Waals surface area contributed by atoms with Gasteiger partial charge in [0.15, 0.2) is 35.6 Å². The second kappa shape index (κ2) is 16.8. The zero-order valence-corrected chi connectivity index (χ0v) is 34.9. The van der Waals surface area contributed by atoms with E-state index in [0.717, 1.165) is 21.8 Å². The molecule has 3 unspecified atom stereocenters. The van der Waals surface area contributed by atoms with Gasteiger partial charge in [-0.1, -0.05) is 10.9 Å². The van der Waals surface area contributed by atoms with E-state index in [4.69, 9.17) is 35.6 Å². The second-order valence-electron chi connectivity index (χ2n) is 14.2. The van der Waals surface area contributed by atoms with Crippen LogP contribution in [0, 0.1) is 12.3 Å². The number of aromatic amines is 2. The maximum absolute atomic E-state index is 13.0. The number of H-pyrrole nitrogens is 2. The average molecular weight is 956 g/mol. The monoisotopic (exact) mass is 955 g/mol. The summed E-state index contributed by atoms with van der Waals surface area (Å²) in [6.45, 7) is -0.872. The number of imidazole rings is 2. The van der Waals surface area contributed by atoms with E-state index < -0.39 is 121 Å². The molecule has 7 rings (SSSR count). The van der Waals surface area contributed by atoms with Gasteiger partial charge in [0.2, 0.25) is 11.5 Å². The molecule has 12 N–H and O–H groups in total. The zero-order chi connectivity index (χ0) is 46.0. The van der Waals surface area contributed by atoms with E-state index in [2.05, 4.69) is 49.3 Å². The van der Waals surface area contributed by atoms with E-state index in [1.54, 1.807) is 0 Å². The molecule has 3 aliphatic rings. The minimum absolute atomic E-state index is 0.0214. The number of aliphatic hydroxyl groups is 3. The number of aromatic nitrogens is 8. The number of hydrogen-bond donors (Lipinski definition) is 11. The predicted octanol–water partition coefficient (Wildman–Crippen LogP) is -3.34. The highest BCUT2D eigenvalue weighted by atomic mass is 31.3. The molecule has 0 radical (unpaired) electrons. The van der Waals surface area contributed by atoms with Crippen LogP contribution in [-0.4, -0.2) is 137 Å². The number of terminal acetylenes is 1. The van der Waals surface area contributed by atoms with Crippen LogP contribution >= 0.6 is 23.5 Å².